The fourth-order valence-corrected chi connectivity index (χ4v) is 2.81. The molecule has 0 fully saturated rings. The maximum atomic E-state index is 5.26. The molecule has 2 aromatic carbocycles. The summed E-state index contributed by atoms with van der Waals surface area (Å²) in [5.74, 6) is 0.902. The summed E-state index contributed by atoms with van der Waals surface area (Å²) in [7, 11) is 1.70. The third kappa shape index (κ3) is 5.26. The molecule has 0 saturated heterocycles. The number of rotatable bonds is 5. The molecule has 24 heavy (non-hydrogen) atoms. The van der Waals surface area contributed by atoms with Crippen LogP contribution in [0.5, 0.6) is 5.75 Å². The van der Waals surface area contributed by atoms with E-state index in [1.165, 1.54) is 16.7 Å². The molecule has 0 radical (unpaired) electrons. The minimum absolute atomic E-state index is 0. The predicted molar refractivity (Wildman–Crippen MR) is 104 cm³/mol. The Bertz CT molecular complexity index is 694. The van der Waals surface area contributed by atoms with Crippen molar-refractivity contribution in [2.24, 2.45) is 0 Å². The number of hydrogen-bond donors (Lipinski definition) is 0. The molecule has 0 N–H and O–H groups in total. The topological polar surface area (TPSA) is 12.5 Å². The Morgan fingerprint density at radius 1 is 1.04 bits per heavy atom. The molecule has 2 aromatic rings. The smallest absolute Gasteiger partial charge is 0.119 e. The molecule has 0 saturated carbocycles. The van der Waals surface area contributed by atoms with Gasteiger partial charge in [-0.3, -0.25) is 4.90 Å². The predicted octanol–water partition coefficient (Wildman–Crippen LogP) is 4.96. The maximum Gasteiger partial charge on any atom is 0.119 e. The monoisotopic (exact) mass is 341 g/mol. The molecule has 1 aliphatic heterocycles. The van der Waals surface area contributed by atoms with E-state index in [0.717, 1.165) is 31.8 Å². The molecule has 0 atom stereocenters. The molecule has 3 heteroatoms. The van der Waals surface area contributed by atoms with Crippen molar-refractivity contribution in [1.82, 2.24) is 4.90 Å². The fraction of sp³-hybridized carbons (Fsp3) is 0.238. The SMILES string of the molecule is COc1cccc(C=CC2=CCN(Cc3ccccc3)CC2)c1.Cl. The normalized spacial score (nSPS) is 15.0. The van der Waals surface area contributed by atoms with Crippen LogP contribution in [0.4, 0.5) is 0 Å². The zero-order valence-electron chi connectivity index (χ0n) is 14.0. The molecule has 0 unspecified atom stereocenters. The van der Waals surface area contributed by atoms with Crippen molar-refractivity contribution in [1.29, 1.82) is 0 Å². The summed E-state index contributed by atoms with van der Waals surface area (Å²) in [6.45, 7) is 3.17. The van der Waals surface area contributed by atoms with Crippen molar-refractivity contribution < 1.29 is 4.74 Å². The highest BCUT2D eigenvalue weighted by molar-refractivity contribution is 5.85. The van der Waals surface area contributed by atoms with E-state index in [4.69, 9.17) is 4.74 Å². The zero-order valence-corrected chi connectivity index (χ0v) is 14.8. The number of allylic oxidation sites excluding steroid dienone is 1. The van der Waals surface area contributed by atoms with E-state index in [1.807, 2.05) is 12.1 Å². The number of hydrogen-bond acceptors (Lipinski definition) is 2. The van der Waals surface area contributed by atoms with E-state index in [0.29, 0.717) is 0 Å². The van der Waals surface area contributed by atoms with E-state index in [2.05, 4.69) is 65.6 Å². The van der Waals surface area contributed by atoms with Gasteiger partial charge in [0.05, 0.1) is 7.11 Å². The summed E-state index contributed by atoms with van der Waals surface area (Å²) < 4.78 is 5.26. The van der Waals surface area contributed by atoms with Gasteiger partial charge < -0.3 is 4.74 Å². The van der Waals surface area contributed by atoms with Crippen molar-refractivity contribution in [3.8, 4) is 5.75 Å². The lowest BCUT2D eigenvalue weighted by Gasteiger charge is -2.25. The fourth-order valence-electron chi connectivity index (χ4n) is 2.81. The second-order valence-electron chi connectivity index (χ2n) is 5.86. The average molecular weight is 342 g/mol. The van der Waals surface area contributed by atoms with E-state index in [-0.39, 0.29) is 12.4 Å². The Kier molecular flexibility index (Phi) is 7.10. The summed E-state index contributed by atoms with van der Waals surface area (Å²) in [6.07, 6.45) is 7.84. The lowest BCUT2D eigenvalue weighted by molar-refractivity contribution is 0.287. The Balaban J connectivity index is 0.00000208. The molecule has 126 valence electrons. The Hall–Kier alpha value is -2.03. The lowest BCUT2D eigenvalue weighted by Crippen LogP contribution is -2.27. The lowest BCUT2D eigenvalue weighted by atomic mass is 10.1. The van der Waals surface area contributed by atoms with Crippen molar-refractivity contribution in [2.45, 2.75) is 13.0 Å². The van der Waals surface area contributed by atoms with E-state index in [1.54, 1.807) is 7.11 Å². The molecule has 0 spiro atoms. The van der Waals surface area contributed by atoms with Crippen LogP contribution in [0.3, 0.4) is 0 Å². The molecular formula is C21H24ClNO. The Labute approximate surface area is 150 Å². The van der Waals surface area contributed by atoms with Crippen molar-refractivity contribution >= 4 is 18.5 Å². The molecule has 0 aliphatic carbocycles. The number of ether oxygens (including phenoxy) is 1. The van der Waals surface area contributed by atoms with Crippen LogP contribution in [0.2, 0.25) is 0 Å². The van der Waals surface area contributed by atoms with E-state index in [9.17, 15) is 0 Å². The standard InChI is InChI=1S/C21H23NO.ClH/c1-23-21-9-5-8-19(16-21)11-10-18-12-14-22(15-13-18)17-20-6-3-2-4-7-20;/h2-12,16H,13-15,17H2,1H3;1H. The summed E-state index contributed by atoms with van der Waals surface area (Å²) >= 11 is 0. The summed E-state index contributed by atoms with van der Waals surface area (Å²) in [6, 6.07) is 18.8. The third-order valence-corrected chi connectivity index (χ3v) is 4.16. The van der Waals surface area contributed by atoms with Gasteiger partial charge in [0.25, 0.3) is 0 Å². The van der Waals surface area contributed by atoms with Gasteiger partial charge in [0, 0.05) is 19.6 Å². The molecule has 0 amide bonds. The van der Waals surface area contributed by atoms with Crippen molar-refractivity contribution in [2.75, 3.05) is 20.2 Å². The second-order valence-corrected chi connectivity index (χ2v) is 5.86. The van der Waals surface area contributed by atoms with Gasteiger partial charge in [-0.15, -0.1) is 12.4 Å². The van der Waals surface area contributed by atoms with Crippen molar-refractivity contribution in [3.63, 3.8) is 0 Å². The third-order valence-electron chi connectivity index (χ3n) is 4.16. The van der Waals surface area contributed by atoms with Gasteiger partial charge >= 0.3 is 0 Å². The van der Waals surface area contributed by atoms with Gasteiger partial charge in [0.15, 0.2) is 0 Å². The van der Waals surface area contributed by atoms with Crippen LogP contribution in [0.1, 0.15) is 17.5 Å². The minimum Gasteiger partial charge on any atom is -0.497 e. The Morgan fingerprint density at radius 2 is 1.88 bits per heavy atom. The summed E-state index contributed by atoms with van der Waals surface area (Å²) in [5, 5.41) is 0. The molecule has 3 rings (SSSR count). The van der Waals surface area contributed by atoms with Crippen LogP contribution < -0.4 is 4.74 Å². The zero-order chi connectivity index (χ0) is 15.9. The Morgan fingerprint density at radius 3 is 2.58 bits per heavy atom. The summed E-state index contributed by atoms with van der Waals surface area (Å²) in [4.78, 5) is 2.48. The van der Waals surface area contributed by atoms with Crippen LogP contribution >= 0.6 is 12.4 Å². The van der Waals surface area contributed by atoms with Gasteiger partial charge in [-0.05, 0) is 35.3 Å². The van der Waals surface area contributed by atoms with Crippen molar-refractivity contribution in [3.05, 3.63) is 83.4 Å². The molecular weight excluding hydrogens is 318 g/mol. The number of methoxy groups -OCH3 is 1. The number of halogens is 1. The highest BCUT2D eigenvalue weighted by Crippen LogP contribution is 2.18. The first-order valence-electron chi connectivity index (χ1n) is 8.11. The van der Waals surface area contributed by atoms with E-state index < -0.39 is 0 Å². The number of benzene rings is 2. The quantitative estimate of drug-likeness (QED) is 0.762. The second kappa shape index (κ2) is 9.31. The largest absolute Gasteiger partial charge is 0.497 e. The summed E-state index contributed by atoms with van der Waals surface area (Å²) in [5.41, 5.74) is 3.98. The van der Waals surface area contributed by atoms with Gasteiger partial charge in [-0.1, -0.05) is 60.7 Å². The minimum atomic E-state index is 0. The van der Waals surface area contributed by atoms with Crippen LogP contribution in [0, 0.1) is 0 Å². The van der Waals surface area contributed by atoms with Gasteiger partial charge in [-0.2, -0.15) is 0 Å². The first-order chi connectivity index (χ1) is 11.3. The van der Waals surface area contributed by atoms with Crippen LogP contribution in [0.25, 0.3) is 6.08 Å². The first-order valence-corrected chi connectivity index (χ1v) is 8.11. The molecule has 1 heterocycles. The van der Waals surface area contributed by atoms with Crippen LogP contribution in [-0.2, 0) is 6.54 Å². The first kappa shape index (κ1) is 18.3. The van der Waals surface area contributed by atoms with Gasteiger partial charge in [0.1, 0.15) is 5.75 Å². The molecule has 1 aliphatic rings. The van der Waals surface area contributed by atoms with Crippen LogP contribution in [-0.4, -0.2) is 25.1 Å². The van der Waals surface area contributed by atoms with Gasteiger partial charge in [0.2, 0.25) is 0 Å². The molecule has 0 bridgehead atoms. The number of nitrogens with zero attached hydrogens (tertiary/aromatic N) is 1. The highest BCUT2D eigenvalue weighted by atomic mass is 35.5. The maximum absolute atomic E-state index is 5.26. The molecule has 2 nitrogen and oxygen atoms in total. The molecule has 0 aromatic heterocycles. The average Bonchev–Trinajstić information content (AvgIpc) is 2.62. The van der Waals surface area contributed by atoms with Gasteiger partial charge in [-0.25, -0.2) is 0 Å². The van der Waals surface area contributed by atoms with Crippen LogP contribution in [0.15, 0.2) is 72.3 Å². The highest BCUT2D eigenvalue weighted by Gasteiger charge is 2.10. The van der Waals surface area contributed by atoms with E-state index >= 15 is 0 Å².